The van der Waals surface area contributed by atoms with E-state index in [4.69, 9.17) is 5.73 Å². The van der Waals surface area contributed by atoms with E-state index in [0.717, 1.165) is 10.2 Å². The zero-order chi connectivity index (χ0) is 15.4. The summed E-state index contributed by atoms with van der Waals surface area (Å²) in [6.45, 7) is 3.98. The van der Waals surface area contributed by atoms with Crippen LogP contribution in [-0.2, 0) is 4.79 Å². The monoisotopic (exact) mass is 369 g/mol. The molecule has 0 aliphatic carbocycles. The molecule has 0 bridgehead atoms. The van der Waals surface area contributed by atoms with Crippen LogP contribution in [-0.4, -0.2) is 26.4 Å². The van der Waals surface area contributed by atoms with Gasteiger partial charge in [-0.1, -0.05) is 27.7 Å². The van der Waals surface area contributed by atoms with Crippen molar-refractivity contribution < 1.29 is 4.79 Å². The number of thioether (sulfide) groups is 1. The molecule has 1 heterocycles. The molecule has 0 aliphatic heterocycles. The Bertz CT molecular complexity index is 626. The largest absolute Gasteiger partial charge is 0.368 e. The molecule has 2 aromatic rings. The zero-order valence-corrected chi connectivity index (χ0v) is 14.1. The highest BCUT2D eigenvalue weighted by Gasteiger charge is 2.14. The van der Waals surface area contributed by atoms with E-state index in [1.165, 1.54) is 11.8 Å². The van der Waals surface area contributed by atoms with E-state index in [9.17, 15) is 4.79 Å². The molecule has 0 fully saturated rings. The van der Waals surface area contributed by atoms with Crippen molar-refractivity contribution in [3.63, 3.8) is 0 Å². The first-order chi connectivity index (χ1) is 9.97. The van der Waals surface area contributed by atoms with Crippen LogP contribution in [0.3, 0.4) is 0 Å². The van der Waals surface area contributed by atoms with Crippen LogP contribution in [0.15, 0.2) is 33.9 Å². The van der Waals surface area contributed by atoms with Crippen molar-refractivity contribution in [1.29, 1.82) is 0 Å². The highest BCUT2D eigenvalue weighted by molar-refractivity contribution is 9.10. The molecule has 112 valence electrons. The molecule has 0 atom stereocenters. The molecular weight excluding hydrogens is 354 g/mol. The van der Waals surface area contributed by atoms with E-state index in [1.807, 2.05) is 38.1 Å². The van der Waals surface area contributed by atoms with E-state index in [2.05, 4.69) is 31.4 Å². The average molecular weight is 370 g/mol. The molecule has 0 saturated heterocycles. The minimum absolute atomic E-state index is 0.0980. The van der Waals surface area contributed by atoms with Crippen LogP contribution in [0, 0.1) is 0 Å². The molecule has 0 unspecified atom stereocenters. The van der Waals surface area contributed by atoms with Crippen molar-refractivity contribution in [3.05, 3.63) is 28.7 Å². The minimum atomic E-state index is -0.0980. The number of halogens is 1. The van der Waals surface area contributed by atoms with Crippen molar-refractivity contribution in [2.75, 3.05) is 16.8 Å². The van der Waals surface area contributed by atoms with Gasteiger partial charge in [0.25, 0.3) is 0 Å². The van der Waals surface area contributed by atoms with Crippen molar-refractivity contribution in [3.8, 4) is 0 Å². The van der Waals surface area contributed by atoms with E-state index in [-0.39, 0.29) is 17.7 Å². The number of anilines is 2. The van der Waals surface area contributed by atoms with Gasteiger partial charge in [-0.3, -0.25) is 9.36 Å². The molecule has 0 aliphatic rings. The number of hydrogen-bond donors (Lipinski definition) is 2. The summed E-state index contributed by atoms with van der Waals surface area (Å²) in [5.74, 6) is 0.515. The summed E-state index contributed by atoms with van der Waals surface area (Å²) < 4.78 is 2.77. The van der Waals surface area contributed by atoms with E-state index >= 15 is 0 Å². The number of nitrogens with one attached hydrogen (secondary N) is 1. The highest BCUT2D eigenvalue weighted by Crippen LogP contribution is 2.22. The predicted octanol–water partition coefficient (Wildman–Crippen LogP) is 2.93. The summed E-state index contributed by atoms with van der Waals surface area (Å²) in [6, 6.07) is 7.57. The third-order valence-corrected chi connectivity index (χ3v) is 4.14. The average Bonchev–Trinajstić information content (AvgIpc) is 2.80. The summed E-state index contributed by atoms with van der Waals surface area (Å²) in [5, 5.41) is 11.3. The summed E-state index contributed by atoms with van der Waals surface area (Å²) in [7, 11) is 0. The van der Waals surface area contributed by atoms with Gasteiger partial charge in [0.1, 0.15) is 0 Å². The van der Waals surface area contributed by atoms with Gasteiger partial charge in [0, 0.05) is 16.2 Å². The first kappa shape index (κ1) is 15.8. The van der Waals surface area contributed by atoms with Crippen LogP contribution in [0.1, 0.15) is 19.9 Å². The van der Waals surface area contributed by atoms with E-state index in [0.29, 0.717) is 11.1 Å². The molecule has 0 spiro atoms. The van der Waals surface area contributed by atoms with Gasteiger partial charge in [-0.15, -0.1) is 10.2 Å². The Morgan fingerprint density at radius 2 is 2.05 bits per heavy atom. The SMILES string of the molecule is CC(C)n1c(N)nnc1SCC(=O)Nc1ccc(Br)cc1. The lowest BCUT2D eigenvalue weighted by Crippen LogP contribution is -2.15. The standard InChI is InChI=1S/C13H16BrN5OS/c1-8(2)19-12(15)17-18-13(19)21-7-11(20)16-10-5-3-9(14)4-6-10/h3-6,8H,7H2,1-2H3,(H2,15,17)(H,16,20). The number of rotatable bonds is 5. The van der Waals surface area contributed by atoms with Crippen molar-refractivity contribution >= 4 is 45.2 Å². The van der Waals surface area contributed by atoms with Crippen molar-refractivity contribution in [2.45, 2.75) is 25.0 Å². The van der Waals surface area contributed by atoms with Gasteiger partial charge in [0.05, 0.1) is 5.75 Å². The maximum atomic E-state index is 11.9. The van der Waals surface area contributed by atoms with E-state index in [1.54, 1.807) is 4.57 Å². The van der Waals surface area contributed by atoms with E-state index < -0.39 is 0 Å². The molecule has 6 nitrogen and oxygen atoms in total. The number of benzene rings is 1. The highest BCUT2D eigenvalue weighted by atomic mass is 79.9. The maximum absolute atomic E-state index is 11.9. The van der Waals surface area contributed by atoms with Crippen LogP contribution in [0.25, 0.3) is 0 Å². The Balaban J connectivity index is 1.94. The number of hydrogen-bond acceptors (Lipinski definition) is 5. The Morgan fingerprint density at radius 1 is 1.38 bits per heavy atom. The van der Waals surface area contributed by atoms with Gasteiger partial charge in [-0.05, 0) is 38.1 Å². The fourth-order valence-corrected chi connectivity index (χ4v) is 2.87. The van der Waals surface area contributed by atoms with Crippen LogP contribution < -0.4 is 11.1 Å². The van der Waals surface area contributed by atoms with Gasteiger partial charge < -0.3 is 11.1 Å². The second kappa shape index (κ2) is 6.95. The maximum Gasteiger partial charge on any atom is 0.234 e. The molecule has 1 aromatic heterocycles. The first-order valence-corrected chi connectivity index (χ1v) is 8.14. The summed E-state index contributed by atoms with van der Waals surface area (Å²) >= 11 is 4.66. The van der Waals surface area contributed by atoms with Crippen LogP contribution >= 0.6 is 27.7 Å². The van der Waals surface area contributed by atoms with Crippen LogP contribution in [0.2, 0.25) is 0 Å². The fraction of sp³-hybridized carbons (Fsp3) is 0.308. The second-order valence-electron chi connectivity index (χ2n) is 4.65. The van der Waals surface area contributed by atoms with Gasteiger partial charge in [0.15, 0.2) is 5.16 Å². The number of carbonyl (C=O) groups excluding carboxylic acids is 1. The second-order valence-corrected chi connectivity index (χ2v) is 6.51. The summed E-state index contributed by atoms with van der Waals surface area (Å²) in [4.78, 5) is 11.9. The van der Waals surface area contributed by atoms with Gasteiger partial charge in [-0.2, -0.15) is 0 Å². The third kappa shape index (κ3) is 4.21. The Hall–Kier alpha value is -1.54. The molecule has 8 heteroatoms. The molecule has 2 rings (SSSR count). The van der Waals surface area contributed by atoms with Gasteiger partial charge in [-0.25, -0.2) is 0 Å². The molecule has 1 amide bonds. The zero-order valence-electron chi connectivity index (χ0n) is 11.7. The third-order valence-electron chi connectivity index (χ3n) is 2.67. The number of nitrogens with zero attached hydrogens (tertiary/aromatic N) is 3. The Labute approximate surface area is 135 Å². The number of nitrogens with two attached hydrogens (primary N) is 1. The Kier molecular flexibility index (Phi) is 5.24. The normalized spacial score (nSPS) is 10.9. The number of nitrogen functional groups attached to an aromatic ring is 1. The molecule has 0 radical (unpaired) electrons. The number of aromatic nitrogens is 3. The quantitative estimate of drug-likeness (QED) is 0.791. The lowest BCUT2D eigenvalue weighted by Gasteiger charge is -2.11. The predicted molar refractivity (Wildman–Crippen MR) is 88.3 cm³/mol. The van der Waals surface area contributed by atoms with Gasteiger partial charge >= 0.3 is 0 Å². The molecule has 3 N–H and O–H groups in total. The van der Waals surface area contributed by atoms with Crippen LogP contribution in [0.4, 0.5) is 11.6 Å². The molecule has 21 heavy (non-hydrogen) atoms. The van der Waals surface area contributed by atoms with Crippen molar-refractivity contribution in [2.24, 2.45) is 0 Å². The topological polar surface area (TPSA) is 85.8 Å². The molecular formula is C13H16BrN5OS. The first-order valence-electron chi connectivity index (χ1n) is 6.36. The van der Waals surface area contributed by atoms with Crippen molar-refractivity contribution in [1.82, 2.24) is 14.8 Å². The van der Waals surface area contributed by atoms with Gasteiger partial charge in [0.2, 0.25) is 11.9 Å². The number of amides is 1. The summed E-state index contributed by atoms with van der Waals surface area (Å²) in [5.41, 5.74) is 6.52. The number of carbonyl (C=O) groups is 1. The van der Waals surface area contributed by atoms with Crippen LogP contribution in [0.5, 0.6) is 0 Å². The summed E-state index contributed by atoms with van der Waals surface area (Å²) in [6.07, 6.45) is 0. The smallest absolute Gasteiger partial charge is 0.234 e. The minimum Gasteiger partial charge on any atom is -0.368 e. The lowest BCUT2D eigenvalue weighted by molar-refractivity contribution is -0.113. The molecule has 1 aromatic carbocycles. The lowest BCUT2D eigenvalue weighted by atomic mass is 10.3. The fourth-order valence-electron chi connectivity index (χ4n) is 1.73. The molecule has 0 saturated carbocycles. The Morgan fingerprint density at radius 3 is 2.67 bits per heavy atom.